The summed E-state index contributed by atoms with van der Waals surface area (Å²) in [4.78, 5) is 0. The second kappa shape index (κ2) is 5.85. The van der Waals surface area contributed by atoms with Crippen molar-refractivity contribution in [1.29, 1.82) is 0 Å². The van der Waals surface area contributed by atoms with Crippen LogP contribution in [0.25, 0.3) is 0 Å². The number of nitrogens with two attached hydrogens (primary N) is 1. The van der Waals surface area contributed by atoms with E-state index < -0.39 is 0 Å². The molecule has 0 aliphatic carbocycles. The minimum atomic E-state index is -0.387. The molecule has 0 fully saturated rings. The van der Waals surface area contributed by atoms with Crippen LogP contribution in [0, 0.1) is 12.7 Å². The number of thioether (sulfide) groups is 1. The molecule has 15 heavy (non-hydrogen) atoms. The highest BCUT2D eigenvalue weighted by molar-refractivity contribution is 7.98. The summed E-state index contributed by atoms with van der Waals surface area (Å²) < 4.78 is 18.7. The van der Waals surface area contributed by atoms with Gasteiger partial charge in [-0.15, -0.1) is 0 Å². The molecule has 1 rings (SSSR count). The van der Waals surface area contributed by atoms with Crippen molar-refractivity contribution in [3.63, 3.8) is 0 Å². The summed E-state index contributed by atoms with van der Waals surface area (Å²) in [5.74, 6) is 0.931. The van der Waals surface area contributed by atoms with E-state index in [4.69, 9.17) is 10.5 Å². The Morgan fingerprint density at radius 1 is 1.47 bits per heavy atom. The molecule has 0 amide bonds. The van der Waals surface area contributed by atoms with Gasteiger partial charge < -0.3 is 10.5 Å². The molecule has 0 aliphatic heterocycles. The standard InChI is InChI=1S/C11H16FNOS/c1-8-6-11(9(12)7-10(8)13)14-4-3-5-15-2/h6-7H,3-5,13H2,1-2H3. The first-order valence-corrected chi connectivity index (χ1v) is 6.22. The Morgan fingerprint density at radius 2 is 2.20 bits per heavy atom. The summed E-state index contributed by atoms with van der Waals surface area (Å²) in [6.07, 6.45) is 2.96. The van der Waals surface area contributed by atoms with E-state index in [1.165, 1.54) is 6.07 Å². The van der Waals surface area contributed by atoms with Crippen LogP contribution in [0.4, 0.5) is 10.1 Å². The van der Waals surface area contributed by atoms with Gasteiger partial charge in [0.1, 0.15) is 0 Å². The molecule has 0 aromatic heterocycles. The second-order valence-electron chi connectivity index (χ2n) is 3.33. The maximum absolute atomic E-state index is 13.3. The molecule has 0 unspecified atom stereocenters. The fourth-order valence-corrected chi connectivity index (χ4v) is 1.57. The summed E-state index contributed by atoms with van der Waals surface area (Å²) >= 11 is 1.75. The van der Waals surface area contributed by atoms with Gasteiger partial charge in [0.25, 0.3) is 0 Å². The quantitative estimate of drug-likeness (QED) is 0.623. The van der Waals surface area contributed by atoms with Gasteiger partial charge in [-0.05, 0) is 37.0 Å². The van der Waals surface area contributed by atoms with Crippen LogP contribution in [0.15, 0.2) is 12.1 Å². The Morgan fingerprint density at radius 3 is 2.87 bits per heavy atom. The zero-order chi connectivity index (χ0) is 11.3. The normalized spacial score (nSPS) is 10.3. The maximum Gasteiger partial charge on any atom is 0.167 e. The molecular weight excluding hydrogens is 213 g/mol. The fourth-order valence-electron chi connectivity index (χ4n) is 1.17. The highest BCUT2D eigenvalue weighted by Gasteiger charge is 2.06. The van der Waals surface area contributed by atoms with Gasteiger partial charge in [-0.3, -0.25) is 0 Å². The minimum absolute atomic E-state index is 0.294. The van der Waals surface area contributed by atoms with Gasteiger partial charge in [-0.1, -0.05) is 0 Å². The van der Waals surface area contributed by atoms with Gasteiger partial charge >= 0.3 is 0 Å². The molecule has 1 aromatic carbocycles. The van der Waals surface area contributed by atoms with Gasteiger partial charge in [-0.2, -0.15) is 11.8 Å². The van der Waals surface area contributed by atoms with Gasteiger partial charge in [0, 0.05) is 11.8 Å². The molecule has 0 bridgehead atoms. The number of hydrogen-bond donors (Lipinski definition) is 1. The summed E-state index contributed by atoms with van der Waals surface area (Å²) in [6, 6.07) is 2.95. The summed E-state index contributed by atoms with van der Waals surface area (Å²) in [5, 5.41) is 0. The zero-order valence-electron chi connectivity index (χ0n) is 9.05. The fraction of sp³-hybridized carbons (Fsp3) is 0.455. The van der Waals surface area contributed by atoms with Crippen molar-refractivity contribution in [3.05, 3.63) is 23.5 Å². The number of aryl methyl sites for hydroxylation is 1. The number of halogens is 1. The average Bonchev–Trinajstić information content (AvgIpc) is 2.20. The predicted octanol–water partition coefficient (Wildman–Crippen LogP) is 2.85. The van der Waals surface area contributed by atoms with Crippen LogP contribution >= 0.6 is 11.8 Å². The molecule has 0 radical (unpaired) electrons. The molecule has 4 heteroatoms. The van der Waals surface area contributed by atoms with Gasteiger partial charge in [0.05, 0.1) is 6.61 Å². The van der Waals surface area contributed by atoms with Gasteiger partial charge in [0.2, 0.25) is 0 Å². The van der Waals surface area contributed by atoms with Crippen LogP contribution < -0.4 is 10.5 Å². The highest BCUT2D eigenvalue weighted by Crippen LogP contribution is 2.23. The van der Waals surface area contributed by atoms with Crippen molar-refractivity contribution >= 4 is 17.4 Å². The molecule has 2 N–H and O–H groups in total. The van der Waals surface area contributed by atoms with E-state index in [1.54, 1.807) is 17.8 Å². The van der Waals surface area contributed by atoms with Crippen molar-refractivity contribution < 1.29 is 9.13 Å². The van der Waals surface area contributed by atoms with E-state index in [0.29, 0.717) is 18.0 Å². The molecule has 0 saturated heterocycles. The first-order valence-electron chi connectivity index (χ1n) is 4.82. The number of benzene rings is 1. The third kappa shape index (κ3) is 3.63. The topological polar surface area (TPSA) is 35.2 Å². The molecule has 0 heterocycles. The lowest BCUT2D eigenvalue weighted by molar-refractivity contribution is 0.302. The molecule has 84 valence electrons. The molecule has 0 atom stereocenters. The average molecular weight is 229 g/mol. The van der Waals surface area contributed by atoms with Crippen molar-refractivity contribution in [2.75, 3.05) is 24.3 Å². The predicted molar refractivity (Wildman–Crippen MR) is 64.0 cm³/mol. The Balaban J connectivity index is 2.57. The van der Waals surface area contributed by atoms with E-state index in [2.05, 4.69) is 0 Å². The van der Waals surface area contributed by atoms with Crippen molar-refractivity contribution in [1.82, 2.24) is 0 Å². The van der Waals surface area contributed by atoms with Gasteiger partial charge in [-0.25, -0.2) is 4.39 Å². The third-order valence-corrected chi connectivity index (χ3v) is 2.77. The molecule has 2 nitrogen and oxygen atoms in total. The van der Waals surface area contributed by atoms with E-state index in [9.17, 15) is 4.39 Å². The van der Waals surface area contributed by atoms with E-state index in [1.807, 2.05) is 13.2 Å². The van der Waals surface area contributed by atoms with Crippen LogP contribution in [0.5, 0.6) is 5.75 Å². The molecule has 0 aliphatic rings. The smallest absolute Gasteiger partial charge is 0.167 e. The lowest BCUT2D eigenvalue weighted by Gasteiger charge is -2.09. The minimum Gasteiger partial charge on any atom is -0.490 e. The van der Waals surface area contributed by atoms with Crippen molar-refractivity contribution in [2.24, 2.45) is 0 Å². The largest absolute Gasteiger partial charge is 0.490 e. The molecule has 1 aromatic rings. The number of nitrogen functional groups attached to an aromatic ring is 1. The summed E-state index contributed by atoms with van der Waals surface area (Å²) in [7, 11) is 0. The monoisotopic (exact) mass is 229 g/mol. The van der Waals surface area contributed by atoms with Crippen molar-refractivity contribution in [3.8, 4) is 5.75 Å². The van der Waals surface area contributed by atoms with Crippen LogP contribution in [-0.4, -0.2) is 18.6 Å². The maximum atomic E-state index is 13.3. The van der Waals surface area contributed by atoms with E-state index in [0.717, 1.165) is 17.7 Å². The number of rotatable bonds is 5. The summed E-state index contributed by atoms with van der Waals surface area (Å²) in [5.41, 5.74) is 6.87. The molecule has 0 saturated carbocycles. The summed E-state index contributed by atoms with van der Waals surface area (Å²) in [6.45, 7) is 2.38. The number of ether oxygens (including phenoxy) is 1. The van der Waals surface area contributed by atoms with Gasteiger partial charge in [0.15, 0.2) is 11.6 Å². The first kappa shape index (κ1) is 12.2. The van der Waals surface area contributed by atoms with E-state index in [-0.39, 0.29) is 5.82 Å². The number of anilines is 1. The SMILES string of the molecule is CSCCCOc1cc(C)c(N)cc1F. The van der Waals surface area contributed by atoms with E-state index >= 15 is 0 Å². The molecule has 0 spiro atoms. The van der Waals surface area contributed by atoms with Crippen LogP contribution in [0.3, 0.4) is 0 Å². The third-order valence-electron chi connectivity index (χ3n) is 2.07. The number of hydrogen-bond acceptors (Lipinski definition) is 3. The Kier molecular flexibility index (Phi) is 4.75. The van der Waals surface area contributed by atoms with Crippen molar-refractivity contribution in [2.45, 2.75) is 13.3 Å². The van der Waals surface area contributed by atoms with Crippen LogP contribution in [0.2, 0.25) is 0 Å². The molecular formula is C11H16FNOS. The Hall–Kier alpha value is -0.900. The first-order chi connectivity index (χ1) is 7.15. The van der Waals surface area contributed by atoms with Crippen LogP contribution in [0.1, 0.15) is 12.0 Å². The lowest BCUT2D eigenvalue weighted by atomic mass is 10.2. The Labute approximate surface area is 94.0 Å². The second-order valence-corrected chi connectivity index (χ2v) is 4.32. The highest BCUT2D eigenvalue weighted by atomic mass is 32.2. The van der Waals surface area contributed by atoms with Crippen LogP contribution in [-0.2, 0) is 0 Å². The Bertz CT molecular complexity index is 331. The zero-order valence-corrected chi connectivity index (χ0v) is 9.86. The lowest BCUT2D eigenvalue weighted by Crippen LogP contribution is -2.02.